The van der Waals surface area contributed by atoms with Crippen LogP contribution in [-0.4, -0.2) is 44.7 Å². The zero-order valence-corrected chi connectivity index (χ0v) is 14.1. The number of aromatic amines is 1. The van der Waals surface area contributed by atoms with Crippen molar-refractivity contribution in [2.75, 3.05) is 13.2 Å². The van der Waals surface area contributed by atoms with Crippen molar-refractivity contribution in [3.63, 3.8) is 0 Å². The van der Waals surface area contributed by atoms with Crippen LogP contribution in [0.3, 0.4) is 0 Å². The minimum Gasteiger partial charge on any atom is -0.368 e. The van der Waals surface area contributed by atoms with E-state index in [2.05, 4.69) is 10.1 Å². The highest BCUT2D eigenvalue weighted by molar-refractivity contribution is 5.81. The van der Waals surface area contributed by atoms with Gasteiger partial charge in [0.05, 0.1) is 17.4 Å². The summed E-state index contributed by atoms with van der Waals surface area (Å²) in [6.45, 7) is 2.75. The first-order chi connectivity index (χ1) is 12.1. The van der Waals surface area contributed by atoms with E-state index in [0.717, 1.165) is 36.6 Å². The van der Waals surface area contributed by atoms with Gasteiger partial charge in [0.2, 0.25) is 5.82 Å². The number of aryl methyl sites for hydroxylation is 1. The highest BCUT2D eigenvalue weighted by Gasteiger charge is 2.35. The second kappa shape index (κ2) is 6.25. The van der Waals surface area contributed by atoms with Gasteiger partial charge < -0.3 is 9.64 Å². The lowest BCUT2D eigenvalue weighted by Gasteiger charge is -2.36. The summed E-state index contributed by atoms with van der Waals surface area (Å²) >= 11 is 0. The predicted molar refractivity (Wildman–Crippen MR) is 87.8 cm³/mol. The molecule has 4 heterocycles. The fourth-order valence-corrected chi connectivity index (χ4v) is 3.78. The number of carbonyl (C=O) groups is 1. The Balaban J connectivity index is 1.71. The predicted octanol–water partition coefficient (Wildman–Crippen LogP) is 1.70. The highest BCUT2D eigenvalue weighted by atomic mass is 19.1. The van der Waals surface area contributed by atoms with E-state index in [4.69, 9.17) is 4.74 Å². The minimum atomic E-state index is -0.859. The van der Waals surface area contributed by atoms with Crippen LogP contribution in [0, 0.1) is 12.7 Å². The highest BCUT2D eigenvalue weighted by Crippen LogP contribution is 2.32. The molecule has 0 saturated carbocycles. The molecule has 2 aliphatic rings. The Morgan fingerprint density at radius 3 is 2.96 bits per heavy atom. The van der Waals surface area contributed by atoms with E-state index in [1.165, 1.54) is 6.92 Å². The third kappa shape index (κ3) is 2.74. The smallest absolute Gasteiger partial charge is 0.308 e. The molecule has 1 amide bonds. The van der Waals surface area contributed by atoms with Crippen molar-refractivity contribution in [2.24, 2.45) is 0 Å². The molecule has 2 fully saturated rings. The quantitative estimate of drug-likeness (QED) is 0.896. The summed E-state index contributed by atoms with van der Waals surface area (Å²) in [4.78, 5) is 30.9. The number of halogens is 1. The number of rotatable bonds is 2. The third-order valence-electron chi connectivity index (χ3n) is 5.10. The van der Waals surface area contributed by atoms with Crippen molar-refractivity contribution < 1.29 is 13.9 Å². The van der Waals surface area contributed by atoms with Gasteiger partial charge in [0, 0.05) is 19.2 Å². The van der Waals surface area contributed by atoms with E-state index in [1.54, 1.807) is 6.07 Å². The molecule has 0 bridgehead atoms. The molecule has 134 valence electrons. The standard InChI is InChI=1S/C17H21FN4O3/c1-10-15(18)17(24)22-14(19-10)9-11(20-22)12-5-2-3-7-21(12)16(23)13-6-4-8-25-13/h9,12-13,20H,2-8H2,1H3/t12-,13-/m1/s1. The van der Waals surface area contributed by atoms with Gasteiger partial charge in [-0.1, -0.05) is 0 Å². The van der Waals surface area contributed by atoms with E-state index in [9.17, 15) is 14.0 Å². The van der Waals surface area contributed by atoms with Crippen LogP contribution in [0.1, 0.15) is 49.5 Å². The normalized spacial score (nSPS) is 24.2. The summed E-state index contributed by atoms with van der Waals surface area (Å²) in [5.74, 6) is -0.856. The van der Waals surface area contributed by atoms with Gasteiger partial charge in [0.1, 0.15) is 6.10 Å². The second-order valence-corrected chi connectivity index (χ2v) is 6.77. The molecule has 2 aliphatic heterocycles. The summed E-state index contributed by atoms with van der Waals surface area (Å²) in [6.07, 6.45) is 4.01. The van der Waals surface area contributed by atoms with Crippen LogP contribution < -0.4 is 5.56 Å². The molecule has 0 radical (unpaired) electrons. The molecular formula is C17H21FN4O3. The maximum Gasteiger partial charge on any atom is 0.308 e. The van der Waals surface area contributed by atoms with Crippen molar-refractivity contribution in [3.05, 3.63) is 33.6 Å². The van der Waals surface area contributed by atoms with Crippen LogP contribution in [0.15, 0.2) is 10.9 Å². The first-order valence-electron chi connectivity index (χ1n) is 8.76. The lowest BCUT2D eigenvalue weighted by molar-refractivity contribution is -0.145. The number of fused-ring (bicyclic) bond motifs is 1. The van der Waals surface area contributed by atoms with Crippen LogP contribution in [0.25, 0.3) is 5.65 Å². The first kappa shape index (κ1) is 16.3. The monoisotopic (exact) mass is 348 g/mol. The molecule has 7 nitrogen and oxygen atoms in total. The number of hydrogen-bond donors (Lipinski definition) is 1. The lowest BCUT2D eigenvalue weighted by Crippen LogP contribution is -2.44. The van der Waals surface area contributed by atoms with Gasteiger partial charge in [-0.25, -0.2) is 4.98 Å². The molecule has 0 aliphatic carbocycles. The van der Waals surface area contributed by atoms with Gasteiger partial charge in [-0.05, 0) is 39.0 Å². The third-order valence-corrected chi connectivity index (χ3v) is 5.10. The molecule has 0 aromatic carbocycles. The Hall–Kier alpha value is -2.22. The molecule has 2 atom stereocenters. The molecule has 2 aromatic heterocycles. The van der Waals surface area contributed by atoms with Crippen molar-refractivity contribution in [1.29, 1.82) is 0 Å². The number of amides is 1. The van der Waals surface area contributed by atoms with Crippen LogP contribution >= 0.6 is 0 Å². The van der Waals surface area contributed by atoms with E-state index >= 15 is 0 Å². The SMILES string of the molecule is Cc1nc2cc([C@H]3CCCCN3C(=O)[C@H]3CCCO3)[nH]n2c(=O)c1F. The molecular weight excluding hydrogens is 327 g/mol. The number of aromatic nitrogens is 3. The minimum absolute atomic E-state index is 0.00326. The van der Waals surface area contributed by atoms with Crippen molar-refractivity contribution in [1.82, 2.24) is 19.5 Å². The van der Waals surface area contributed by atoms with Gasteiger partial charge in [0.15, 0.2) is 5.65 Å². The van der Waals surface area contributed by atoms with E-state index in [-0.39, 0.29) is 23.7 Å². The number of piperidine rings is 1. The molecule has 2 saturated heterocycles. The Morgan fingerprint density at radius 2 is 2.20 bits per heavy atom. The van der Waals surface area contributed by atoms with Crippen LogP contribution in [0.2, 0.25) is 0 Å². The zero-order chi connectivity index (χ0) is 17.6. The van der Waals surface area contributed by atoms with Gasteiger partial charge in [0.25, 0.3) is 5.91 Å². The van der Waals surface area contributed by atoms with Gasteiger partial charge in [-0.15, -0.1) is 0 Å². The molecule has 2 aromatic rings. The average Bonchev–Trinajstić information content (AvgIpc) is 3.29. The van der Waals surface area contributed by atoms with E-state index in [0.29, 0.717) is 24.5 Å². The second-order valence-electron chi connectivity index (χ2n) is 6.77. The van der Waals surface area contributed by atoms with Gasteiger partial charge in [-0.3, -0.25) is 14.7 Å². The maximum absolute atomic E-state index is 13.8. The van der Waals surface area contributed by atoms with E-state index in [1.807, 2.05) is 4.90 Å². The first-order valence-corrected chi connectivity index (χ1v) is 8.76. The number of nitrogens with one attached hydrogen (secondary N) is 1. The number of hydrogen-bond acceptors (Lipinski definition) is 4. The summed E-state index contributed by atoms with van der Waals surface area (Å²) < 4.78 is 20.5. The van der Waals surface area contributed by atoms with Crippen molar-refractivity contribution >= 4 is 11.6 Å². The lowest BCUT2D eigenvalue weighted by atomic mass is 9.98. The number of nitrogens with zero attached hydrogens (tertiary/aromatic N) is 3. The van der Waals surface area contributed by atoms with Crippen molar-refractivity contribution in [2.45, 2.75) is 51.2 Å². The Labute approximate surface area is 143 Å². The average molecular weight is 348 g/mol. The Morgan fingerprint density at radius 1 is 1.36 bits per heavy atom. The Kier molecular flexibility index (Phi) is 4.07. The summed E-state index contributed by atoms with van der Waals surface area (Å²) in [6, 6.07) is 1.56. The molecule has 8 heteroatoms. The number of likely N-dealkylation sites (tertiary alicyclic amines) is 1. The molecule has 25 heavy (non-hydrogen) atoms. The van der Waals surface area contributed by atoms with Crippen LogP contribution in [0.4, 0.5) is 4.39 Å². The zero-order valence-electron chi connectivity index (χ0n) is 14.1. The molecule has 0 unspecified atom stereocenters. The molecule has 4 rings (SSSR count). The van der Waals surface area contributed by atoms with Crippen LogP contribution in [-0.2, 0) is 9.53 Å². The number of carbonyl (C=O) groups excluding carboxylic acids is 1. The summed E-state index contributed by atoms with van der Waals surface area (Å²) in [5, 5.41) is 2.94. The molecule has 0 spiro atoms. The van der Waals surface area contributed by atoms with Gasteiger partial charge in [-0.2, -0.15) is 8.91 Å². The fraction of sp³-hybridized carbons (Fsp3) is 0.588. The number of H-pyrrole nitrogens is 1. The summed E-state index contributed by atoms with van der Waals surface area (Å²) in [5.41, 5.74) is 0.405. The summed E-state index contributed by atoms with van der Waals surface area (Å²) in [7, 11) is 0. The topological polar surface area (TPSA) is 79.7 Å². The van der Waals surface area contributed by atoms with E-state index < -0.39 is 11.4 Å². The fourth-order valence-electron chi connectivity index (χ4n) is 3.78. The Bertz CT molecular complexity index is 869. The number of ether oxygens (including phenoxy) is 1. The maximum atomic E-state index is 13.8. The van der Waals surface area contributed by atoms with Crippen LogP contribution in [0.5, 0.6) is 0 Å². The van der Waals surface area contributed by atoms with Gasteiger partial charge >= 0.3 is 5.56 Å². The largest absolute Gasteiger partial charge is 0.368 e. The molecule has 1 N–H and O–H groups in total. The van der Waals surface area contributed by atoms with Crippen molar-refractivity contribution in [3.8, 4) is 0 Å².